The highest BCUT2D eigenvalue weighted by molar-refractivity contribution is 6.02. The molecule has 0 aromatic carbocycles. The standard InChI is InChI=1S/C20H25N7O/c1-12-17(8-24-25-12)14-6-18(22-7-14)19(23-11-21)26-9-15-4-5-16(10-26)27(15)20(28)13-2-3-13/h6-8,11,13,15-16,21-22H,2-5,9-10H2,1H3,(H,24,25)/b21-11?,23-19+. The second-order valence-electron chi connectivity index (χ2n) is 8.10. The molecule has 5 rings (SSSR count). The number of aromatic nitrogens is 3. The van der Waals surface area contributed by atoms with Crippen molar-refractivity contribution in [2.45, 2.75) is 44.7 Å². The lowest BCUT2D eigenvalue weighted by molar-refractivity contribution is -0.137. The number of hydrogen-bond acceptors (Lipinski definition) is 3. The number of fused-ring (bicyclic) bond motifs is 2. The Morgan fingerprint density at radius 2 is 2.04 bits per heavy atom. The molecule has 2 aromatic rings. The van der Waals surface area contributed by atoms with Gasteiger partial charge in [0.25, 0.3) is 0 Å². The van der Waals surface area contributed by atoms with E-state index in [1.807, 2.05) is 19.3 Å². The maximum atomic E-state index is 12.7. The Bertz CT molecular complexity index is 924. The quantitative estimate of drug-likeness (QED) is 0.560. The van der Waals surface area contributed by atoms with Crippen molar-refractivity contribution in [2.75, 3.05) is 13.1 Å². The Labute approximate surface area is 163 Å². The second-order valence-corrected chi connectivity index (χ2v) is 8.10. The van der Waals surface area contributed by atoms with Crippen LogP contribution in [-0.4, -0.2) is 68.2 Å². The van der Waals surface area contributed by atoms with Crippen molar-refractivity contribution < 1.29 is 4.79 Å². The van der Waals surface area contributed by atoms with E-state index in [1.54, 1.807) is 0 Å². The van der Waals surface area contributed by atoms with Gasteiger partial charge >= 0.3 is 0 Å². The van der Waals surface area contributed by atoms with Crippen molar-refractivity contribution in [1.82, 2.24) is 25.0 Å². The predicted octanol–water partition coefficient (Wildman–Crippen LogP) is 2.15. The van der Waals surface area contributed by atoms with Gasteiger partial charge in [-0.2, -0.15) is 5.10 Å². The minimum atomic E-state index is 0.258. The second kappa shape index (κ2) is 6.61. The number of hydrogen-bond donors (Lipinski definition) is 3. The van der Waals surface area contributed by atoms with E-state index in [1.165, 1.54) is 0 Å². The van der Waals surface area contributed by atoms with E-state index in [4.69, 9.17) is 5.41 Å². The van der Waals surface area contributed by atoms with Gasteiger partial charge in [-0.25, -0.2) is 4.99 Å². The van der Waals surface area contributed by atoms with Gasteiger partial charge in [-0.05, 0) is 38.7 Å². The van der Waals surface area contributed by atoms with Crippen LogP contribution in [0.4, 0.5) is 0 Å². The summed E-state index contributed by atoms with van der Waals surface area (Å²) < 4.78 is 0. The molecule has 1 amide bonds. The number of piperazine rings is 1. The zero-order valence-corrected chi connectivity index (χ0v) is 16.0. The van der Waals surface area contributed by atoms with Gasteiger partial charge < -0.3 is 14.8 Å². The number of nitrogens with zero attached hydrogens (tertiary/aromatic N) is 4. The zero-order chi connectivity index (χ0) is 19.3. The number of likely N-dealkylation sites (tertiary alicyclic amines) is 1. The molecule has 1 aliphatic carbocycles. The minimum absolute atomic E-state index is 0.258. The number of aliphatic imine (C=N–C) groups is 1. The molecule has 2 aliphatic heterocycles. The van der Waals surface area contributed by atoms with Gasteiger partial charge in [0.05, 0.1) is 11.9 Å². The zero-order valence-electron chi connectivity index (χ0n) is 16.0. The van der Waals surface area contributed by atoms with Gasteiger partial charge in [-0.15, -0.1) is 0 Å². The van der Waals surface area contributed by atoms with Gasteiger partial charge in [0.2, 0.25) is 5.91 Å². The van der Waals surface area contributed by atoms with E-state index in [9.17, 15) is 4.79 Å². The van der Waals surface area contributed by atoms with Crippen LogP contribution in [0, 0.1) is 18.3 Å². The number of amides is 1. The van der Waals surface area contributed by atoms with Crippen molar-refractivity contribution >= 4 is 18.1 Å². The number of aromatic amines is 2. The summed E-state index contributed by atoms with van der Waals surface area (Å²) in [5.74, 6) is 1.40. The average Bonchev–Trinajstić information content (AvgIpc) is 3.19. The molecule has 0 radical (unpaired) electrons. The number of aryl methyl sites for hydroxylation is 1. The van der Waals surface area contributed by atoms with Crippen LogP contribution in [0.15, 0.2) is 23.5 Å². The first-order valence-corrected chi connectivity index (χ1v) is 9.98. The summed E-state index contributed by atoms with van der Waals surface area (Å²) >= 11 is 0. The lowest BCUT2D eigenvalue weighted by Gasteiger charge is -2.42. The molecule has 2 aromatic heterocycles. The lowest BCUT2D eigenvalue weighted by atomic mass is 10.1. The van der Waals surface area contributed by atoms with Crippen molar-refractivity contribution in [3.05, 3.63) is 29.8 Å². The molecule has 1 saturated carbocycles. The molecule has 2 saturated heterocycles. The highest BCUT2D eigenvalue weighted by Gasteiger charge is 2.47. The summed E-state index contributed by atoms with van der Waals surface area (Å²) in [5, 5.41) is 14.6. The summed E-state index contributed by atoms with van der Waals surface area (Å²) in [7, 11) is 0. The Kier molecular flexibility index (Phi) is 4.07. The first kappa shape index (κ1) is 17.2. The van der Waals surface area contributed by atoms with Crippen LogP contribution in [-0.2, 0) is 4.79 Å². The van der Waals surface area contributed by atoms with E-state index in [-0.39, 0.29) is 18.0 Å². The molecule has 2 bridgehead atoms. The highest BCUT2D eigenvalue weighted by Crippen LogP contribution is 2.38. The fourth-order valence-electron chi connectivity index (χ4n) is 4.68. The Morgan fingerprint density at radius 1 is 1.29 bits per heavy atom. The number of carbonyl (C=O) groups excluding carboxylic acids is 1. The largest absolute Gasteiger partial charge is 0.358 e. The van der Waals surface area contributed by atoms with Crippen LogP contribution in [0.3, 0.4) is 0 Å². The van der Waals surface area contributed by atoms with Crippen molar-refractivity contribution in [3.63, 3.8) is 0 Å². The number of H-pyrrole nitrogens is 2. The minimum Gasteiger partial charge on any atom is -0.358 e. The van der Waals surface area contributed by atoms with E-state index >= 15 is 0 Å². The molecule has 4 heterocycles. The Balaban J connectivity index is 1.39. The first-order chi connectivity index (χ1) is 13.7. The molecule has 3 fully saturated rings. The van der Waals surface area contributed by atoms with Gasteiger partial charge in [0, 0.05) is 54.1 Å². The van der Waals surface area contributed by atoms with E-state index < -0.39 is 0 Å². The first-order valence-electron chi connectivity index (χ1n) is 9.98. The van der Waals surface area contributed by atoms with Crippen LogP contribution >= 0.6 is 0 Å². The average molecular weight is 379 g/mol. The molecule has 8 nitrogen and oxygen atoms in total. The van der Waals surface area contributed by atoms with Crippen molar-refractivity contribution in [1.29, 1.82) is 5.41 Å². The van der Waals surface area contributed by atoms with Gasteiger partial charge in [0.1, 0.15) is 6.34 Å². The molecular weight excluding hydrogens is 354 g/mol. The summed E-state index contributed by atoms with van der Waals surface area (Å²) in [6, 6.07) is 2.57. The normalized spacial score (nSPS) is 24.7. The monoisotopic (exact) mass is 379 g/mol. The fraction of sp³-hybridized carbons (Fsp3) is 0.500. The number of amidine groups is 1. The maximum Gasteiger partial charge on any atom is 0.226 e. The summed E-state index contributed by atoms with van der Waals surface area (Å²) in [5.41, 5.74) is 4.00. The molecule has 3 N–H and O–H groups in total. The summed E-state index contributed by atoms with van der Waals surface area (Å²) in [6.45, 7) is 3.55. The van der Waals surface area contributed by atoms with Gasteiger partial charge in [0.15, 0.2) is 5.84 Å². The molecular formula is C20H25N7O. The SMILES string of the molecule is Cc1[nH]ncc1-c1c[nH]c(/C(=N\C=N)N2CC3CCC(C2)N3C(=O)C2CC2)c1. The molecule has 28 heavy (non-hydrogen) atoms. The van der Waals surface area contributed by atoms with Gasteiger partial charge in [-0.3, -0.25) is 15.3 Å². The van der Waals surface area contributed by atoms with Crippen LogP contribution in [0.2, 0.25) is 0 Å². The molecule has 8 heteroatoms. The summed E-state index contributed by atoms with van der Waals surface area (Å²) in [6.07, 6.45) is 9.09. The van der Waals surface area contributed by atoms with Crippen LogP contribution in [0.25, 0.3) is 11.1 Å². The molecule has 2 unspecified atom stereocenters. The van der Waals surface area contributed by atoms with Crippen LogP contribution in [0.1, 0.15) is 37.1 Å². The topological polar surface area (TPSA) is 104 Å². The fourth-order valence-corrected chi connectivity index (χ4v) is 4.68. The Morgan fingerprint density at radius 3 is 2.64 bits per heavy atom. The Hall–Kier alpha value is -2.90. The van der Waals surface area contributed by atoms with Crippen LogP contribution < -0.4 is 0 Å². The van der Waals surface area contributed by atoms with Crippen molar-refractivity contribution in [2.24, 2.45) is 10.9 Å². The number of rotatable bonds is 4. The third-order valence-corrected chi connectivity index (χ3v) is 6.21. The molecule has 0 spiro atoms. The smallest absolute Gasteiger partial charge is 0.226 e. The maximum absolute atomic E-state index is 12.7. The highest BCUT2D eigenvalue weighted by atomic mass is 16.2. The van der Waals surface area contributed by atoms with Crippen molar-refractivity contribution in [3.8, 4) is 11.1 Å². The number of nitrogens with one attached hydrogen (secondary N) is 3. The predicted molar refractivity (Wildman–Crippen MR) is 106 cm³/mol. The van der Waals surface area contributed by atoms with E-state index in [0.717, 1.165) is 73.5 Å². The van der Waals surface area contributed by atoms with E-state index in [0.29, 0.717) is 5.91 Å². The third kappa shape index (κ3) is 2.83. The molecule has 2 atom stereocenters. The summed E-state index contributed by atoms with van der Waals surface area (Å²) in [4.78, 5) is 24.8. The molecule has 146 valence electrons. The van der Waals surface area contributed by atoms with Crippen LogP contribution in [0.5, 0.6) is 0 Å². The number of carbonyl (C=O) groups is 1. The van der Waals surface area contributed by atoms with E-state index in [2.05, 4.69) is 36.0 Å². The third-order valence-electron chi connectivity index (χ3n) is 6.21. The van der Waals surface area contributed by atoms with Gasteiger partial charge in [-0.1, -0.05) is 0 Å². The molecule has 3 aliphatic rings. The lowest BCUT2D eigenvalue weighted by Crippen LogP contribution is -2.57.